The molecule has 3 rings (SSSR count). The number of aromatic carboxylic acids is 1. The first-order valence-electron chi connectivity index (χ1n) is 10.9. The average molecular weight is 443 g/mol. The molecular formula is C23H32ClFO3S. The molecule has 4 atom stereocenters. The van der Waals surface area contributed by atoms with Gasteiger partial charge in [-0.25, -0.2) is 9.18 Å². The van der Waals surface area contributed by atoms with Crippen molar-refractivity contribution in [2.45, 2.75) is 82.6 Å². The van der Waals surface area contributed by atoms with Gasteiger partial charge in [0.1, 0.15) is 10.7 Å². The number of alkyl halides is 1. The Morgan fingerprint density at radius 1 is 1.45 bits per heavy atom. The highest BCUT2D eigenvalue weighted by atomic mass is 35.5. The minimum absolute atomic E-state index is 0.130. The van der Waals surface area contributed by atoms with Gasteiger partial charge in [-0.05, 0) is 81.1 Å². The summed E-state index contributed by atoms with van der Waals surface area (Å²) in [6, 6.07) is 1.36. The lowest BCUT2D eigenvalue weighted by Crippen LogP contribution is -2.40. The minimum Gasteiger partial charge on any atom is -0.477 e. The van der Waals surface area contributed by atoms with Gasteiger partial charge in [0.15, 0.2) is 0 Å². The lowest BCUT2D eigenvalue weighted by molar-refractivity contribution is -0.0355. The van der Waals surface area contributed by atoms with E-state index in [-0.39, 0.29) is 21.8 Å². The molecule has 2 saturated carbocycles. The summed E-state index contributed by atoms with van der Waals surface area (Å²) in [5.41, 5.74) is 0.130. The molecule has 3 nitrogen and oxygen atoms in total. The third-order valence-corrected chi connectivity index (χ3v) is 8.85. The summed E-state index contributed by atoms with van der Waals surface area (Å²) in [5.74, 6) is -1.01. The first kappa shape index (κ1) is 22.8. The zero-order valence-corrected chi connectivity index (χ0v) is 18.7. The molecule has 0 radical (unpaired) electrons. The zero-order valence-electron chi connectivity index (χ0n) is 17.1. The van der Waals surface area contributed by atoms with E-state index in [9.17, 15) is 14.3 Å². The maximum absolute atomic E-state index is 13.6. The topological polar surface area (TPSA) is 57.5 Å². The number of carboxylic acid groups (broad SMARTS) is 1. The fourth-order valence-electron chi connectivity index (χ4n) is 5.06. The SMILES string of the molecule is CCC1(C(O)C/C=C/C2[C@@H](CCCc3cc(F)c(C(=O)O)s3)CC[C@H]2Cl)CCC1. The second kappa shape index (κ2) is 9.93. The number of aliphatic hydroxyl groups is 1. The average Bonchev–Trinajstić information content (AvgIpc) is 3.18. The van der Waals surface area contributed by atoms with Crippen LogP contribution in [0, 0.1) is 23.1 Å². The Morgan fingerprint density at radius 2 is 2.21 bits per heavy atom. The minimum atomic E-state index is -1.20. The van der Waals surface area contributed by atoms with Crippen LogP contribution in [-0.2, 0) is 6.42 Å². The molecule has 6 heteroatoms. The zero-order chi connectivity index (χ0) is 21.0. The van der Waals surface area contributed by atoms with Crippen LogP contribution in [0.4, 0.5) is 4.39 Å². The third-order valence-electron chi connectivity index (χ3n) is 7.18. The second-order valence-corrected chi connectivity index (χ2v) is 10.5. The molecule has 2 aliphatic rings. The quantitative estimate of drug-likeness (QED) is 0.324. The summed E-state index contributed by atoms with van der Waals surface area (Å²) in [7, 11) is 0. The molecule has 0 amide bonds. The Kier molecular flexibility index (Phi) is 7.80. The van der Waals surface area contributed by atoms with Crippen molar-refractivity contribution >= 4 is 28.9 Å². The lowest BCUT2D eigenvalue weighted by atomic mass is 9.63. The molecule has 0 aliphatic heterocycles. The van der Waals surface area contributed by atoms with Gasteiger partial charge in [-0.3, -0.25) is 0 Å². The molecule has 1 heterocycles. The van der Waals surface area contributed by atoms with Crippen molar-refractivity contribution in [3.05, 3.63) is 33.8 Å². The van der Waals surface area contributed by atoms with E-state index in [4.69, 9.17) is 16.7 Å². The Balaban J connectivity index is 1.49. The number of carboxylic acids is 1. The van der Waals surface area contributed by atoms with Gasteiger partial charge in [0.25, 0.3) is 0 Å². The number of thiophene rings is 1. The third kappa shape index (κ3) is 5.23. The number of rotatable bonds is 10. The van der Waals surface area contributed by atoms with Crippen molar-refractivity contribution in [1.82, 2.24) is 0 Å². The molecule has 2 fully saturated rings. The molecule has 2 N–H and O–H groups in total. The van der Waals surface area contributed by atoms with E-state index < -0.39 is 11.8 Å². The predicted molar refractivity (Wildman–Crippen MR) is 116 cm³/mol. The van der Waals surface area contributed by atoms with Crippen molar-refractivity contribution in [2.75, 3.05) is 0 Å². The number of hydrogen-bond donors (Lipinski definition) is 2. The Labute approximate surface area is 182 Å². The number of halogens is 2. The first-order valence-corrected chi connectivity index (χ1v) is 12.1. The molecular weight excluding hydrogens is 411 g/mol. The number of allylic oxidation sites excluding steroid dienone is 1. The molecule has 0 bridgehead atoms. The highest BCUT2D eigenvalue weighted by Gasteiger charge is 2.41. The van der Waals surface area contributed by atoms with Crippen molar-refractivity contribution in [3.8, 4) is 0 Å². The van der Waals surface area contributed by atoms with Crippen LogP contribution in [-0.4, -0.2) is 27.7 Å². The summed E-state index contributed by atoms with van der Waals surface area (Å²) >= 11 is 7.61. The van der Waals surface area contributed by atoms with Crippen LogP contribution in [0.25, 0.3) is 0 Å². The van der Waals surface area contributed by atoms with Crippen molar-refractivity contribution < 1.29 is 19.4 Å². The van der Waals surface area contributed by atoms with Gasteiger partial charge >= 0.3 is 5.97 Å². The normalized spacial score (nSPS) is 27.2. The highest BCUT2D eigenvalue weighted by Crippen LogP contribution is 2.48. The molecule has 162 valence electrons. The van der Waals surface area contributed by atoms with E-state index in [0.29, 0.717) is 24.7 Å². The van der Waals surface area contributed by atoms with Gasteiger partial charge < -0.3 is 10.2 Å². The standard InChI is InChI=1S/C23H32ClFO3S/c1-2-23(12-5-13-23)20(26)9-4-8-17-15(10-11-18(17)24)6-3-7-16-14-19(25)21(29-16)22(27)28/h4,8,14-15,17-18,20,26H,2-3,5-7,9-13H2,1H3,(H,27,28)/b8-4+/t15-,17?,18+,20?/m0/s1. The summed E-state index contributed by atoms with van der Waals surface area (Å²) in [6.07, 6.45) is 14.0. The van der Waals surface area contributed by atoms with Crippen LogP contribution in [0.1, 0.15) is 79.3 Å². The molecule has 2 unspecified atom stereocenters. The maximum atomic E-state index is 13.6. The molecule has 1 aromatic heterocycles. The van der Waals surface area contributed by atoms with Gasteiger partial charge in [-0.1, -0.05) is 25.5 Å². The molecule has 1 aromatic rings. The molecule has 0 saturated heterocycles. The predicted octanol–water partition coefficient (Wildman–Crippen LogP) is 6.43. The molecule has 29 heavy (non-hydrogen) atoms. The van der Waals surface area contributed by atoms with E-state index in [1.807, 2.05) is 0 Å². The van der Waals surface area contributed by atoms with Crippen molar-refractivity contribution in [3.63, 3.8) is 0 Å². The fraction of sp³-hybridized carbons (Fsp3) is 0.696. The molecule has 2 aliphatic carbocycles. The summed E-state index contributed by atoms with van der Waals surface area (Å²) < 4.78 is 13.6. The van der Waals surface area contributed by atoms with Crippen LogP contribution in [0.5, 0.6) is 0 Å². The number of aryl methyl sites for hydroxylation is 1. The van der Waals surface area contributed by atoms with Crippen molar-refractivity contribution in [2.24, 2.45) is 17.3 Å². The number of carbonyl (C=O) groups is 1. The second-order valence-electron chi connectivity index (χ2n) is 8.77. The molecule has 0 spiro atoms. The lowest BCUT2D eigenvalue weighted by Gasteiger charge is -2.45. The largest absolute Gasteiger partial charge is 0.477 e. The van der Waals surface area contributed by atoms with E-state index in [0.717, 1.165) is 61.2 Å². The van der Waals surface area contributed by atoms with Crippen LogP contribution in [0.2, 0.25) is 0 Å². The number of hydrogen-bond acceptors (Lipinski definition) is 3. The van der Waals surface area contributed by atoms with Gasteiger partial charge in [0, 0.05) is 10.3 Å². The highest BCUT2D eigenvalue weighted by molar-refractivity contribution is 7.13. The summed E-state index contributed by atoms with van der Waals surface area (Å²) in [6.45, 7) is 2.17. The van der Waals surface area contributed by atoms with Crippen LogP contribution in [0.3, 0.4) is 0 Å². The van der Waals surface area contributed by atoms with Gasteiger partial charge in [-0.2, -0.15) is 0 Å². The summed E-state index contributed by atoms with van der Waals surface area (Å²) in [5, 5.41) is 19.7. The van der Waals surface area contributed by atoms with E-state index in [2.05, 4.69) is 19.1 Å². The van der Waals surface area contributed by atoms with Crippen molar-refractivity contribution in [1.29, 1.82) is 0 Å². The van der Waals surface area contributed by atoms with Crippen LogP contribution in [0.15, 0.2) is 18.2 Å². The van der Waals surface area contributed by atoms with Gasteiger partial charge in [0.05, 0.1) is 6.10 Å². The van der Waals surface area contributed by atoms with Crippen LogP contribution < -0.4 is 0 Å². The Morgan fingerprint density at radius 3 is 2.79 bits per heavy atom. The van der Waals surface area contributed by atoms with E-state index in [1.165, 1.54) is 12.5 Å². The van der Waals surface area contributed by atoms with Crippen LogP contribution >= 0.6 is 22.9 Å². The van der Waals surface area contributed by atoms with E-state index >= 15 is 0 Å². The smallest absolute Gasteiger partial charge is 0.348 e. The number of aliphatic hydroxyl groups excluding tert-OH is 1. The Hall–Kier alpha value is -0.910. The fourth-order valence-corrected chi connectivity index (χ4v) is 6.39. The first-order chi connectivity index (χ1) is 13.9. The van der Waals surface area contributed by atoms with E-state index in [1.54, 1.807) is 0 Å². The maximum Gasteiger partial charge on any atom is 0.348 e. The summed E-state index contributed by atoms with van der Waals surface area (Å²) in [4.78, 5) is 11.6. The van der Waals surface area contributed by atoms with Gasteiger partial charge in [0.2, 0.25) is 0 Å². The molecule has 0 aromatic carbocycles. The Bertz CT molecular complexity index is 722. The van der Waals surface area contributed by atoms with Gasteiger partial charge in [-0.15, -0.1) is 22.9 Å². The monoisotopic (exact) mass is 442 g/mol.